The lowest BCUT2D eigenvalue weighted by atomic mass is 10.2. The first kappa shape index (κ1) is 12.7. The Bertz CT molecular complexity index is 136. The van der Waals surface area contributed by atoms with Crippen LogP contribution in [-0.2, 0) is 4.74 Å². The van der Waals surface area contributed by atoms with Gasteiger partial charge in [-0.1, -0.05) is 13.3 Å². The van der Waals surface area contributed by atoms with Crippen LogP contribution in [0.1, 0.15) is 26.7 Å². The Hall–Kier alpha value is -0.350. The number of ether oxygens (including phenoxy) is 1. The summed E-state index contributed by atoms with van der Waals surface area (Å²) in [5.74, 6) is 0. The first-order valence-corrected chi connectivity index (χ1v) is 5.18. The van der Waals surface area contributed by atoms with Crippen LogP contribution in [0.2, 0.25) is 0 Å². The van der Waals surface area contributed by atoms with E-state index in [0.717, 1.165) is 24.5 Å². The SMILES string of the molecule is CCCC(COC)NC(=S)NCC. The van der Waals surface area contributed by atoms with Crippen LogP contribution in [0.3, 0.4) is 0 Å². The highest BCUT2D eigenvalue weighted by atomic mass is 32.1. The highest BCUT2D eigenvalue weighted by molar-refractivity contribution is 7.80. The summed E-state index contributed by atoms with van der Waals surface area (Å²) in [4.78, 5) is 0. The molecule has 0 radical (unpaired) electrons. The number of hydrogen-bond donors (Lipinski definition) is 2. The number of rotatable bonds is 6. The van der Waals surface area contributed by atoms with Crippen molar-refractivity contribution >= 4 is 17.3 Å². The highest BCUT2D eigenvalue weighted by Gasteiger charge is 2.07. The molecule has 0 aromatic carbocycles. The Kier molecular flexibility index (Phi) is 8.04. The molecule has 0 saturated carbocycles. The normalized spacial score (nSPS) is 12.2. The molecule has 1 atom stereocenters. The van der Waals surface area contributed by atoms with Gasteiger partial charge in [-0.3, -0.25) is 0 Å². The van der Waals surface area contributed by atoms with Gasteiger partial charge in [0.15, 0.2) is 5.11 Å². The van der Waals surface area contributed by atoms with Crippen molar-refractivity contribution in [3.8, 4) is 0 Å². The summed E-state index contributed by atoms with van der Waals surface area (Å²) in [5.41, 5.74) is 0. The number of thiocarbonyl (C=S) groups is 1. The summed E-state index contributed by atoms with van der Waals surface area (Å²) in [6.07, 6.45) is 2.22. The third-order valence-electron chi connectivity index (χ3n) is 1.68. The quantitative estimate of drug-likeness (QED) is 0.639. The Labute approximate surface area is 86.2 Å². The van der Waals surface area contributed by atoms with Crippen LogP contribution in [0.25, 0.3) is 0 Å². The molecule has 4 heteroatoms. The standard InChI is InChI=1S/C9H20N2OS/c1-4-6-8(7-12-3)11-9(13)10-5-2/h8H,4-7H2,1-3H3,(H2,10,11,13). The van der Waals surface area contributed by atoms with Gasteiger partial charge in [-0.25, -0.2) is 0 Å². The molecule has 0 aliphatic rings. The van der Waals surface area contributed by atoms with Crippen molar-refractivity contribution < 1.29 is 4.74 Å². The molecule has 0 aromatic rings. The van der Waals surface area contributed by atoms with E-state index < -0.39 is 0 Å². The van der Waals surface area contributed by atoms with Gasteiger partial charge in [0, 0.05) is 13.7 Å². The summed E-state index contributed by atoms with van der Waals surface area (Å²) in [5, 5.41) is 6.99. The molecule has 0 aromatic heterocycles. The molecule has 0 saturated heterocycles. The zero-order chi connectivity index (χ0) is 10.1. The van der Waals surface area contributed by atoms with Crippen LogP contribution < -0.4 is 10.6 Å². The molecule has 0 aliphatic heterocycles. The number of hydrogen-bond acceptors (Lipinski definition) is 2. The monoisotopic (exact) mass is 204 g/mol. The van der Waals surface area contributed by atoms with Crippen LogP contribution in [-0.4, -0.2) is 31.4 Å². The largest absolute Gasteiger partial charge is 0.383 e. The second-order valence-corrected chi connectivity index (χ2v) is 3.35. The van der Waals surface area contributed by atoms with Crippen LogP contribution in [0.4, 0.5) is 0 Å². The van der Waals surface area contributed by atoms with Crippen molar-refractivity contribution in [2.24, 2.45) is 0 Å². The zero-order valence-corrected chi connectivity index (χ0v) is 9.54. The van der Waals surface area contributed by atoms with Crippen LogP contribution in [0, 0.1) is 0 Å². The highest BCUT2D eigenvalue weighted by Crippen LogP contribution is 1.96. The summed E-state index contributed by atoms with van der Waals surface area (Å²) in [7, 11) is 1.71. The number of methoxy groups -OCH3 is 1. The Balaban J connectivity index is 3.71. The molecule has 0 aliphatic carbocycles. The van der Waals surface area contributed by atoms with Crippen molar-refractivity contribution in [1.82, 2.24) is 10.6 Å². The second kappa shape index (κ2) is 8.26. The third-order valence-corrected chi connectivity index (χ3v) is 1.94. The van der Waals surface area contributed by atoms with E-state index in [2.05, 4.69) is 17.6 Å². The summed E-state index contributed by atoms with van der Waals surface area (Å²) < 4.78 is 5.09. The lowest BCUT2D eigenvalue weighted by Crippen LogP contribution is -2.43. The lowest BCUT2D eigenvalue weighted by Gasteiger charge is -2.19. The summed E-state index contributed by atoms with van der Waals surface area (Å²) in [6.45, 7) is 5.75. The van der Waals surface area contributed by atoms with E-state index in [1.54, 1.807) is 7.11 Å². The average Bonchev–Trinajstić information content (AvgIpc) is 2.05. The Morgan fingerprint density at radius 1 is 1.46 bits per heavy atom. The average molecular weight is 204 g/mol. The van der Waals surface area contributed by atoms with Crippen molar-refractivity contribution in [3.05, 3.63) is 0 Å². The van der Waals surface area contributed by atoms with E-state index in [-0.39, 0.29) is 0 Å². The summed E-state index contributed by atoms with van der Waals surface area (Å²) >= 11 is 5.08. The molecule has 78 valence electrons. The van der Waals surface area contributed by atoms with Gasteiger partial charge >= 0.3 is 0 Å². The van der Waals surface area contributed by atoms with E-state index in [4.69, 9.17) is 17.0 Å². The maximum atomic E-state index is 5.09. The van der Waals surface area contributed by atoms with Crippen molar-refractivity contribution in [1.29, 1.82) is 0 Å². The topological polar surface area (TPSA) is 33.3 Å². The van der Waals surface area contributed by atoms with Gasteiger partial charge in [0.05, 0.1) is 12.6 Å². The van der Waals surface area contributed by atoms with E-state index in [1.807, 2.05) is 6.92 Å². The minimum atomic E-state index is 0.335. The van der Waals surface area contributed by atoms with E-state index in [1.165, 1.54) is 0 Å². The molecule has 0 fully saturated rings. The fourth-order valence-electron chi connectivity index (χ4n) is 1.14. The minimum absolute atomic E-state index is 0.335. The maximum absolute atomic E-state index is 5.09. The molecule has 3 nitrogen and oxygen atoms in total. The van der Waals surface area contributed by atoms with Gasteiger partial charge in [-0.2, -0.15) is 0 Å². The van der Waals surface area contributed by atoms with E-state index in [0.29, 0.717) is 12.6 Å². The molecule has 0 bridgehead atoms. The van der Waals surface area contributed by atoms with Crippen LogP contribution >= 0.6 is 12.2 Å². The summed E-state index contributed by atoms with van der Waals surface area (Å²) in [6, 6.07) is 0.335. The molecular weight excluding hydrogens is 184 g/mol. The third kappa shape index (κ3) is 6.78. The smallest absolute Gasteiger partial charge is 0.166 e. The van der Waals surface area contributed by atoms with Gasteiger partial charge in [0.2, 0.25) is 0 Å². The molecule has 2 N–H and O–H groups in total. The lowest BCUT2D eigenvalue weighted by molar-refractivity contribution is 0.170. The van der Waals surface area contributed by atoms with Crippen molar-refractivity contribution in [2.75, 3.05) is 20.3 Å². The van der Waals surface area contributed by atoms with Gasteiger partial charge in [0.25, 0.3) is 0 Å². The van der Waals surface area contributed by atoms with Gasteiger partial charge in [-0.15, -0.1) is 0 Å². The van der Waals surface area contributed by atoms with Gasteiger partial charge < -0.3 is 15.4 Å². The van der Waals surface area contributed by atoms with Crippen LogP contribution in [0.15, 0.2) is 0 Å². The molecule has 0 heterocycles. The molecule has 0 amide bonds. The second-order valence-electron chi connectivity index (χ2n) is 2.94. The van der Waals surface area contributed by atoms with E-state index >= 15 is 0 Å². The van der Waals surface area contributed by atoms with Gasteiger partial charge in [0.1, 0.15) is 0 Å². The Morgan fingerprint density at radius 3 is 2.62 bits per heavy atom. The van der Waals surface area contributed by atoms with E-state index in [9.17, 15) is 0 Å². The van der Waals surface area contributed by atoms with Crippen molar-refractivity contribution in [3.63, 3.8) is 0 Å². The molecular formula is C9H20N2OS. The fourth-order valence-corrected chi connectivity index (χ4v) is 1.45. The molecule has 1 unspecified atom stereocenters. The molecule has 0 spiro atoms. The molecule has 13 heavy (non-hydrogen) atoms. The molecule has 0 rings (SSSR count). The predicted molar refractivity (Wildman–Crippen MR) is 60.0 cm³/mol. The maximum Gasteiger partial charge on any atom is 0.166 e. The van der Waals surface area contributed by atoms with Crippen LogP contribution in [0.5, 0.6) is 0 Å². The predicted octanol–water partition coefficient (Wildman–Crippen LogP) is 1.29. The number of nitrogens with one attached hydrogen (secondary N) is 2. The first-order chi connectivity index (χ1) is 6.24. The zero-order valence-electron chi connectivity index (χ0n) is 8.72. The Morgan fingerprint density at radius 2 is 2.15 bits per heavy atom. The minimum Gasteiger partial charge on any atom is -0.383 e. The first-order valence-electron chi connectivity index (χ1n) is 4.77. The van der Waals surface area contributed by atoms with Gasteiger partial charge in [-0.05, 0) is 25.6 Å². The fraction of sp³-hybridized carbons (Fsp3) is 0.889. The van der Waals surface area contributed by atoms with Crippen molar-refractivity contribution in [2.45, 2.75) is 32.7 Å².